The van der Waals surface area contributed by atoms with Crippen LogP contribution in [0.15, 0.2) is 41.7 Å². The molecule has 5 nitrogen and oxygen atoms in total. The molecule has 0 aliphatic carbocycles. The van der Waals surface area contributed by atoms with Crippen molar-refractivity contribution < 1.29 is 4.84 Å². The number of oxime groups is 1. The van der Waals surface area contributed by atoms with E-state index < -0.39 is 0 Å². The number of aromatic nitrogens is 2. The van der Waals surface area contributed by atoms with Crippen molar-refractivity contribution in [2.75, 3.05) is 5.73 Å². The average molecular weight is 228 g/mol. The van der Waals surface area contributed by atoms with Gasteiger partial charge in [0, 0.05) is 18.6 Å². The van der Waals surface area contributed by atoms with Gasteiger partial charge in [0.2, 0.25) is 0 Å². The van der Waals surface area contributed by atoms with Gasteiger partial charge in [0.25, 0.3) is 0 Å². The van der Waals surface area contributed by atoms with Crippen molar-refractivity contribution >= 4 is 12.4 Å². The van der Waals surface area contributed by atoms with Gasteiger partial charge < -0.3 is 10.6 Å². The normalized spacial score (nSPS) is 9.88. The lowest BCUT2D eigenvalue weighted by Crippen LogP contribution is -1.95. The molecule has 2 heterocycles. The van der Waals surface area contributed by atoms with Crippen molar-refractivity contribution in [1.29, 1.82) is 0 Å². The largest absolute Gasteiger partial charge is 0.399 e. The van der Waals surface area contributed by atoms with E-state index in [0.717, 1.165) is 17.1 Å². The summed E-state index contributed by atoms with van der Waals surface area (Å²) in [5.41, 5.74) is 8.61. The Morgan fingerprint density at radius 2 is 2.18 bits per heavy atom. The number of nitrogen functional groups attached to an aromatic ring is 1. The third kappa shape index (κ3) is 2.78. The zero-order valence-corrected chi connectivity index (χ0v) is 9.21. The third-order valence-corrected chi connectivity index (χ3v) is 2.16. The standard InChI is InChI=1S/C12H12N4O/c1-14-17-8-10-3-2-4-11(16-10)12-7-9(13)5-6-15-12/h2-7H,1,8H2,(H2,13,15). The van der Waals surface area contributed by atoms with Crippen LogP contribution in [-0.2, 0) is 11.4 Å². The van der Waals surface area contributed by atoms with Gasteiger partial charge in [-0.3, -0.25) is 4.98 Å². The van der Waals surface area contributed by atoms with Crippen LogP contribution in [0.4, 0.5) is 5.69 Å². The fourth-order valence-corrected chi connectivity index (χ4v) is 1.40. The van der Waals surface area contributed by atoms with E-state index >= 15 is 0 Å². The van der Waals surface area contributed by atoms with Gasteiger partial charge in [0.1, 0.15) is 0 Å². The number of hydrogen-bond acceptors (Lipinski definition) is 5. The predicted octanol–water partition coefficient (Wildman–Crippen LogP) is 1.86. The summed E-state index contributed by atoms with van der Waals surface area (Å²) in [6, 6.07) is 9.11. The van der Waals surface area contributed by atoms with Crippen LogP contribution >= 0.6 is 0 Å². The van der Waals surface area contributed by atoms with E-state index in [4.69, 9.17) is 10.6 Å². The zero-order chi connectivity index (χ0) is 12.1. The summed E-state index contributed by atoms with van der Waals surface area (Å²) < 4.78 is 0. The quantitative estimate of drug-likeness (QED) is 0.640. The molecule has 0 radical (unpaired) electrons. The molecular weight excluding hydrogens is 216 g/mol. The van der Waals surface area contributed by atoms with Crippen molar-refractivity contribution in [2.24, 2.45) is 5.16 Å². The minimum atomic E-state index is 0.291. The fourth-order valence-electron chi connectivity index (χ4n) is 1.40. The molecule has 2 rings (SSSR count). The van der Waals surface area contributed by atoms with Crippen molar-refractivity contribution in [3.63, 3.8) is 0 Å². The monoisotopic (exact) mass is 228 g/mol. The van der Waals surface area contributed by atoms with Crippen LogP contribution in [0.1, 0.15) is 5.69 Å². The predicted molar refractivity (Wildman–Crippen MR) is 66.2 cm³/mol. The summed E-state index contributed by atoms with van der Waals surface area (Å²) >= 11 is 0. The lowest BCUT2D eigenvalue weighted by molar-refractivity contribution is 0.130. The highest BCUT2D eigenvalue weighted by Crippen LogP contribution is 2.16. The van der Waals surface area contributed by atoms with Gasteiger partial charge in [-0.2, -0.15) is 0 Å². The molecule has 0 spiro atoms. The van der Waals surface area contributed by atoms with Crippen molar-refractivity contribution in [1.82, 2.24) is 9.97 Å². The molecule has 0 saturated heterocycles. The molecule has 2 aromatic heterocycles. The summed E-state index contributed by atoms with van der Waals surface area (Å²) in [6.07, 6.45) is 1.65. The van der Waals surface area contributed by atoms with Gasteiger partial charge in [0.15, 0.2) is 6.61 Å². The second-order valence-electron chi connectivity index (χ2n) is 3.39. The van der Waals surface area contributed by atoms with E-state index in [1.54, 1.807) is 18.3 Å². The van der Waals surface area contributed by atoms with Crippen molar-refractivity contribution in [3.05, 3.63) is 42.2 Å². The maximum absolute atomic E-state index is 5.70. The number of nitrogens with two attached hydrogens (primary N) is 1. The smallest absolute Gasteiger partial charge is 0.159 e. The Hall–Kier alpha value is -2.43. The first-order chi connectivity index (χ1) is 8.29. The molecule has 0 atom stereocenters. The van der Waals surface area contributed by atoms with Crippen LogP contribution in [-0.4, -0.2) is 16.7 Å². The minimum absolute atomic E-state index is 0.291. The Balaban J connectivity index is 2.29. The van der Waals surface area contributed by atoms with Gasteiger partial charge in [-0.1, -0.05) is 6.07 Å². The summed E-state index contributed by atoms with van der Waals surface area (Å²) in [6.45, 7) is 3.53. The highest BCUT2D eigenvalue weighted by molar-refractivity contribution is 5.59. The van der Waals surface area contributed by atoms with Crippen molar-refractivity contribution in [2.45, 2.75) is 6.61 Å². The summed E-state index contributed by atoms with van der Waals surface area (Å²) in [7, 11) is 0. The topological polar surface area (TPSA) is 73.4 Å². The first-order valence-corrected chi connectivity index (χ1v) is 5.05. The van der Waals surface area contributed by atoms with E-state index in [2.05, 4.69) is 21.8 Å². The molecule has 0 fully saturated rings. The van der Waals surface area contributed by atoms with Crippen molar-refractivity contribution in [3.8, 4) is 11.4 Å². The molecule has 0 unspecified atom stereocenters. The second-order valence-corrected chi connectivity index (χ2v) is 3.39. The zero-order valence-electron chi connectivity index (χ0n) is 9.21. The van der Waals surface area contributed by atoms with E-state index in [-0.39, 0.29) is 0 Å². The molecule has 2 N–H and O–H groups in total. The van der Waals surface area contributed by atoms with E-state index in [1.165, 1.54) is 0 Å². The summed E-state index contributed by atoms with van der Waals surface area (Å²) in [4.78, 5) is 13.4. The Labute approximate surface area is 99.0 Å². The number of nitrogens with zero attached hydrogens (tertiary/aromatic N) is 3. The lowest BCUT2D eigenvalue weighted by atomic mass is 10.2. The fraction of sp³-hybridized carbons (Fsp3) is 0.0833. The second kappa shape index (κ2) is 5.07. The first kappa shape index (κ1) is 11.1. The van der Waals surface area contributed by atoms with Crippen LogP contribution in [0.5, 0.6) is 0 Å². The molecular formula is C12H12N4O. The van der Waals surface area contributed by atoms with E-state index in [0.29, 0.717) is 12.3 Å². The molecule has 0 bridgehead atoms. The Kier molecular flexibility index (Phi) is 3.30. The maximum Gasteiger partial charge on any atom is 0.159 e. The molecule has 0 saturated carbocycles. The minimum Gasteiger partial charge on any atom is -0.399 e. The summed E-state index contributed by atoms with van der Waals surface area (Å²) in [5, 5.41) is 3.32. The maximum atomic E-state index is 5.70. The SMILES string of the molecule is C=NOCc1cccc(-c2cc(N)ccn2)n1. The van der Waals surface area contributed by atoms with Gasteiger partial charge >= 0.3 is 0 Å². The number of hydrogen-bond donors (Lipinski definition) is 1. The van der Waals surface area contributed by atoms with E-state index in [1.807, 2.05) is 18.2 Å². The Morgan fingerprint density at radius 1 is 1.29 bits per heavy atom. The highest BCUT2D eigenvalue weighted by atomic mass is 16.6. The lowest BCUT2D eigenvalue weighted by Gasteiger charge is -2.03. The Morgan fingerprint density at radius 3 is 2.94 bits per heavy atom. The first-order valence-electron chi connectivity index (χ1n) is 5.05. The highest BCUT2D eigenvalue weighted by Gasteiger charge is 2.03. The third-order valence-electron chi connectivity index (χ3n) is 2.16. The van der Waals surface area contributed by atoms with Crippen LogP contribution < -0.4 is 5.73 Å². The molecule has 0 aromatic carbocycles. The molecule has 0 aliphatic heterocycles. The molecule has 2 aromatic rings. The molecule has 17 heavy (non-hydrogen) atoms. The van der Waals surface area contributed by atoms with Crippen LogP contribution in [0.3, 0.4) is 0 Å². The van der Waals surface area contributed by atoms with Crippen LogP contribution in [0.25, 0.3) is 11.4 Å². The van der Waals surface area contributed by atoms with Crippen LogP contribution in [0.2, 0.25) is 0 Å². The molecule has 0 aliphatic rings. The van der Waals surface area contributed by atoms with Gasteiger partial charge in [0.05, 0.1) is 17.1 Å². The molecule has 86 valence electrons. The van der Waals surface area contributed by atoms with Gasteiger partial charge in [-0.05, 0) is 24.3 Å². The number of pyridine rings is 2. The van der Waals surface area contributed by atoms with Gasteiger partial charge in [-0.15, -0.1) is 5.16 Å². The average Bonchev–Trinajstić information content (AvgIpc) is 2.37. The molecule has 0 amide bonds. The van der Waals surface area contributed by atoms with Crippen LogP contribution in [0, 0.1) is 0 Å². The number of anilines is 1. The van der Waals surface area contributed by atoms with Gasteiger partial charge in [-0.25, -0.2) is 4.98 Å². The Bertz CT molecular complexity index is 527. The summed E-state index contributed by atoms with van der Waals surface area (Å²) in [5.74, 6) is 0. The number of rotatable bonds is 4. The molecule has 5 heteroatoms. The van der Waals surface area contributed by atoms with E-state index in [9.17, 15) is 0 Å².